The summed E-state index contributed by atoms with van der Waals surface area (Å²) in [6, 6.07) is 0. The van der Waals surface area contributed by atoms with Gasteiger partial charge in [-0.25, -0.2) is 0 Å². The summed E-state index contributed by atoms with van der Waals surface area (Å²) in [4.78, 5) is 27.0. The van der Waals surface area contributed by atoms with E-state index < -0.39 is 23.6 Å². The first kappa shape index (κ1) is 19.9. The molecule has 0 aliphatic rings. The van der Waals surface area contributed by atoms with Crippen molar-refractivity contribution in [2.45, 2.75) is 53.2 Å². The van der Waals surface area contributed by atoms with Crippen LogP contribution in [-0.4, -0.2) is 46.9 Å². The molecule has 0 saturated heterocycles. The molecule has 1 unspecified atom stereocenters. The summed E-state index contributed by atoms with van der Waals surface area (Å²) in [6.07, 6.45) is 0.0725. The van der Waals surface area contributed by atoms with Crippen LogP contribution in [-0.2, 0) is 19.2 Å². The summed E-state index contributed by atoms with van der Waals surface area (Å²) in [5.41, 5.74) is -0.671. The van der Waals surface area contributed by atoms with Gasteiger partial charge in [-0.3, -0.25) is 14.4 Å². The standard InChI is InChI=1S/C13H25N3O6/c1-10(21-12(19)13(2,3)4)22-14-16(20)15(5)9-7-6-8-11(17)18/h10H,6-9H2,1-5H3,(H,17,18). The van der Waals surface area contributed by atoms with E-state index >= 15 is 0 Å². The van der Waals surface area contributed by atoms with Crippen LogP contribution in [0.4, 0.5) is 0 Å². The van der Waals surface area contributed by atoms with Gasteiger partial charge < -0.3 is 15.1 Å². The van der Waals surface area contributed by atoms with Gasteiger partial charge in [-0.05, 0) is 33.6 Å². The molecular weight excluding hydrogens is 294 g/mol. The quantitative estimate of drug-likeness (QED) is 0.172. The summed E-state index contributed by atoms with van der Waals surface area (Å²) < 4.78 is 4.97. The Morgan fingerprint density at radius 1 is 1.36 bits per heavy atom. The molecule has 1 atom stereocenters. The van der Waals surface area contributed by atoms with Crippen molar-refractivity contribution < 1.29 is 29.2 Å². The van der Waals surface area contributed by atoms with Gasteiger partial charge in [0.1, 0.15) is 0 Å². The molecule has 0 spiro atoms. The lowest BCUT2D eigenvalue weighted by Crippen LogP contribution is -2.30. The molecule has 9 heteroatoms. The van der Waals surface area contributed by atoms with E-state index in [1.807, 2.05) is 0 Å². The molecule has 0 rings (SSSR count). The van der Waals surface area contributed by atoms with Gasteiger partial charge in [-0.15, -0.1) is 5.01 Å². The number of esters is 1. The minimum absolute atomic E-state index is 0.0557. The predicted octanol–water partition coefficient (Wildman–Crippen LogP) is 1.92. The fraction of sp³-hybridized carbons (Fsp3) is 0.846. The van der Waals surface area contributed by atoms with Gasteiger partial charge in [0.15, 0.2) is 0 Å². The summed E-state index contributed by atoms with van der Waals surface area (Å²) in [5, 5.41) is 24.6. The van der Waals surface area contributed by atoms with E-state index in [4.69, 9.17) is 14.7 Å². The number of hydrogen-bond acceptors (Lipinski definition) is 6. The number of aliphatic carboxylic acids is 1. The van der Waals surface area contributed by atoms with Crippen molar-refractivity contribution in [2.24, 2.45) is 10.7 Å². The molecule has 9 nitrogen and oxygen atoms in total. The SMILES string of the molecule is CC(ON=[N+]([O-])N(C)CCCCC(=O)O)OC(=O)C(C)(C)C. The zero-order valence-corrected chi connectivity index (χ0v) is 13.7. The van der Waals surface area contributed by atoms with Crippen molar-refractivity contribution >= 4 is 11.9 Å². The number of unbranched alkanes of at least 4 members (excludes halogenated alkanes) is 1. The summed E-state index contributed by atoms with van der Waals surface area (Å²) in [5.74, 6) is -1.33. The Balaban J connectivity index is 4.14. The van der Waals surface area contributed by atoms with Crippen LogP contribution in [0.15, 0.2) is 5.28 Å². The third kappa shape index (κ3) is 8.98. The number of hydrogen-bond donors (Lipinski definition) is 1. The van der Waals surface area contributed by atoms with Crippen molar-refractivity contribution in [1.29, 1.82) is 0 Å². The molecule has 0 radical (unpaired) electrons. The molecule has 0 aromatic carbocycles. The van der Waals surface area contributed by atoms with Gasteiger partial charge in [0.25, 0.3) is 6.29 Å². The van der Waals surface area contributed by atoms with Crippen LogP contribution < -0.4 is 0 Å². The van der Waals surface area contributed by atoms with E-state index in [9.17, 15) is 14.8 Å². The number of carboxylic acids is 1. The van der Waals surface area contributed by atoms with Gasteiger partial charge in [-0.2, -0.15) is 0 Å². The fourth-order valence-corrected chi connectivity index (χ4v) is 1.22. The zero-order chi connectivity index (χ0) is 17.3. The first-order valence-corrected chi connectivity index (χ1v) is 7.02. The van der Waals surface area contributed by atoms with Crippen molar-refractivity contribution in [1.82, 2.24) is 5.01 Å². The van der Waals surface area contributed by atoms with E-state index in [0.29, 0.717) is 19.4 Å². The maximum absolute atomic E-state index is 11.6. The topological polar surface area (TPSA) is 114 Å². The Kier molecular flexibility index (Phi) is 8.21. The molecule has 0 aliphatic carbocycles. The summed E-state index contributed by atoms with van der Waals surface area (Å²) in [6.45, 7) is 6.88. The molecule has 128 valence electrons. The number of nitrogens with zero attached hydrogens (tertiary/aromatic N) is 3. The minimum atomic E-state index is -0.983. The highest BCUT2D eigenvalue weighted by molar-refractivity contribution is 5.75. The Morgan fingerprint density at radius 2 is 1.95 bits per heavy atom. The van der Waals surface area contributed by atoms with Crippen LogP contribution in [0.5, 0.6) is 0 Å². The molecule has 0 heterocycles. The van der Waals surface area contributed by atoms with Crippen LogP contribution in [0.3, 0.4) is 0 Å². The Labute approximate surface area is 130 Å². The lowest BCUT2D eigenvalue weighted by molar-refractivity contribution is -0.707. The van der Waals surface area contributed by atoms with Crippen molar-refractivity contribution in [2.75, 3.05) is 13.6 Å². The van der Waals surface area contributed by atoms with Crippen molar-refractivity contribution in [3.05, 3.63) is 5.21 Å². The second-order valence-electron chi connectivity index (χ2n) is 5.89. The predicted molar refractivity (Wildman–Crippen MR) is 76.3 cm³/mol. The van der Waals surface area contributed by atoms with Crippen molar-refractivity contribution in [3.8, 4) is 0 Å². The lowest BCUT2D eigenvalue weighted by atomic mass is 9.97. The van der Waals surface area contributed by atoms with Crippen molar-refractivity contribution in [3.63, 3.8) is 0 Å². The normalized spacial score (nSPS) is 13.4. The molecule has 1 N–H and O–H groups in total. The molecule has 0 bridgehead atoms. The molecule has 0 amide bonds. The fourth-order valence-electron chi connectivity index (χ4n) is 1.22. The van der Waals surface area contributed by atoms with E-state index in [-0.39, 0.29) is 11.4 Å². The average molecular weight is 319 g/mol. The largest absolute Gasteiger partial charge is 0.569 e. The molecular formula is C13H25N3O6. The summed E-state index contributed by atoms with van der Waals surface area (Å²) >= 11 is 0. The maximum Gasteiger partial charge on any atom is 0.314 e. The average Bonchev–Trinajstić information content (AvgIpc) is 2.39. The van der Waals surface area contributed by atoms with E-state index in [1.54, 1.807) is 20.8 Å². The number of carboxylic acid groups (broad SMARTS) is 1. The molecule has 0 aromatic heterocycles. The number of rotatable bonds is 9. The highest BCUT2D eigenvalue weighted by atomic mass is 16.8. The molecule has 0 fully saturated rings. The van der Waals surface area contributed by atoms with Gasteiger partial charge in [0.2, 0.25) is 5.28 Å². The van der Waals surface area contributed by atoms with Crippen LogP contribution in [0.2, 0.25) is 0 Å². The number of carbonyl (C=O) groups is 2. The van der Waals surface area contributed by atoms with Gasteiger partial charge in [0.05, 0.1) is 24.0 Å². The molecule has 0 aliphatic heterocycles. The summed E-state index contributed by atoms with van der Waals surface area (Å²) in [7, 11) is 1.49. The third-order valence-corrected chi connectivity index (χ3v) is 2.57. The van der Waals surface area contributed by atoms with E-state index in [0.717, 1.165) is 0 Å². The highest BCUT2D eigenvalue weighted by Crippen LogP contribution is 2.16. The number of ether oxygens (including phenoxy) is 1. The van der Waals surface area contributed by atoms with E-state index in [2.05, 4.69) is 5.28 Å². The molecule has 22 heavy (non-hydrogen) atoms. The number of carbonyl (C=O) groups excluding carboxylic acids is 1. The second kappa shape index (κ2) is 9.06. The molecule has 0 saturated carbocycles. The second-order valence-corrected chi connectivity index (χ2v) is 5.89. The van der Waals surface area contributed by atoms with Gasteiger partial charge in [0, 0.05) is 13.3 Å². The van der Waals surface area contributed by atoms with E-state index in [1.165, 1.54) is 19.0 Å². The Bertz CT molecular complexity index is 405. The smallest absolute Gasteiger partial charge is 0.314 e. The third-order valence-electron chi connectivity index (χ3n) is 2.57. The lowest BCUT2D eigenvalue weighted by Gasteiger charge is -2.19. The highest BCUT2D eigenvalue weighted by Gasteiger charge is 2.25. The monoisotopic (exact) mass is 319 g/mol. The van der Waals surface area contributed by atoms with Crippen LogP contribution in [0.25, 0.3) is 0 Å². The Hall–Kier alpha value is -2.06. The minimum Gasteiger partial charge on any atom is -0.569 e. The molecule has 0 aromatic rings. The Morgan fingerprint density at radius 3 is 2.45 bits per heavy atom. The first-order chi connectivity index (χ1) is 10.0. The first-order valence-electron chi connectivity index (χ1n) is 7.02. The van der Waals surface area contributed by atoms with Gasteiger partial charge >= 0.3 is 11.9 Å². The van der Waals surface area contributed by atoms with Crippen LogP contribution in [0.1, 0.15) is 47.0 Å². The number of hydrazine groups is 1. The maximum atomic E-state index is 11.6. The van der Waals surface area contributed by atoms with Crippen LogP contribution >= 0.6 is 0 Å². The van der Waals surface area contributed by atoms with Gasteiger partial charge in [-0.1, -0.05) is 0 Å². The zero-order valence-electron chi connectivity index (χ0n) is 13.7. The van der Waals surface area contributed by atoms with Crippen LogP contribution in [0, 0.1) is 10.6 Å².